The third-order valence-electron chi connectivity index (χ3n) is 2.65. The Hall–Kier alpha value is -1.18. The van der Waals surface area contributed by atoms with Crippen molar-refractivity contribution >= 4 is 43.2 Å². The van der Waals surface area contributed by atoms with E-state index in [4.69, 9.17) is 5.73 Å². The van der Waals surface area contributed by atoms with Gasteiger partial charge in [-0.1, -0.05) is 11.3 Å². The zero-order chi connectivity index (χ0) is 14.2. The van der Waals surface area contributed by atoms with Crippen molar-refractivity contribution in [3.8, 4) is 0 Å². The molecule has 0 radical (unpaired) electrons. The molecule has 3 N–H and O–H groups in total. The average molecular weight is 298 g/mol. The van der Waals surface area contributed by atoms with Crippen LogP contribution >= 0.6 is 22.7 Å². The van der Waals surface area contributed by atoms with Crippen LogP contribution in [0.1, 0.15) is 23.5 Å². The number of carbonyl (C=O) groups is 1. The maximum atomic E-state index is 12.1. The first-order valence-electron chi connectivity index (χ1n) is 5.93. The maximum absolute atomic E-state index is 12.1. The summed E-state index contributed by atoms with van der Waals surface area (Å²) in [6.07, 6.45) is 0. The Kier molecular flexibility index (Phi) is 3.80. The number of anilines is 1. The molecule has 2 aromatic heterocycles. The fraction of sp³-hybridized carbons (Fsp3) is 0.500. The Bertz CT molecular complexity index is 568. The Morgan fingerprint density at radius 2 is 2.16 bits per heavy atom. The molecule has 0 aliphatic carbocycles. The minimum atomic E-state index is -0.392. The van der Waals surface area contributed by atoms with Crippen molar-refractivity contribution in [2.75, 3.05) is 25.5 Å². The standard InChI is InChI=1S/C12H18N4OS2/c1-12(2,6-13)15-9(17)7-5-8-10(18-7)14-11(19-8)16(3)4/h5H,6,13H2,1-4H3,(H,15,17). The predicted octanol–water partition coefficient (Wildman–Crippen LogP) is 1.89. The molecule has 104 valence electrons. The van der Waals surface area contributed by atoms with Gasteiger partial charge in [0.1, 0.15) is 4.83 Å². The van der Waals surface area contributed by atoms with E-state index < -0.39 is 5.54 Å². The first-order valence-corrected chi connectivity index (χ1v) is 7.56. The van der Waals surface area contributed by atoms with Crippen molar-refractivity contribution in [3.05, 3.63) is 10.9 Å². The van der Waals surface area contributed by atoms with Crippen molar-refractivity contribution in [3.63, 3.8) is 0 Å². The Morgan fingerprint density at radius 1 is 1.47 bits per heavy atom. The third kappa shape index (κ3) is 3.05. The number of hydrogen-bond donors (Lipinski definition) is 2. The average Bonchev–Trinajstić information content (AvgIpc) is 2.85. The van der Waals surface area contributed by atoms with Gasteiger partial charge < -0.3 is 16.0 Å². The van der Waals surface area contributed by atoms with Crippen molar-refractivity contribution in [1.29, 1.82) is 0 Å². The number of nitrogens with one attached hydrogen (secondary N) is 1. The molecule has 0 aliphatic heterocycles. The molecule has 0 saturated carbocycles. The number of aromatic nitrogens is 1. The topological polar surface area (TPSA) is 71.2 Å². The van der Waals surface area contributed by atoms with Crippen LogP contribution in [-0.4, -0.2) is 37.1 Å². The summed E-state index contributed by atoms with van der Waals surface area (Å²) >= 11 is 3.00. The first-order chi connectivity index (χ1) is 8.82. The van der Waals surface area contributed by atoms with Crippen LogP contribution in [0.15, 0.2) is 6.07 Å². The number of thiazole rings is 1. The monoisotopic (exact) mass is 298 g/mol. The van der Waals surface area contributed by atoms with Crippen molar-refractivity contribution in [2.45, 2.75) is 19.4 Å². The van der Waals surface area contributed by atoms with Gasteiger partial charge >= 0.3 is 0 Å². The fourth-order valence-electron chi connectivity index (χ4n) is 1.45. The van der Waals surface area contributed by atoms with E-state index in [1.807, 2.05) is 38.9 Å². The highest BCUT2D eigenvalue weighted by atomic mass is 32.1. The minimum absolute atomic E-state index is 0.0861. The lowest BCUT2D eigenvalue weighted by Gasteiger charge is -2.23. The largest absolute Gasteiger partial charge is 0.354 e. The van der Waals surface area contributed by atoms with Crippen LogP contribution < -0.4 is 16.0 Å². The van der Waals surface area contributed by atoms with Crippen LogP contribution in [0, 0.1) is 0 Å². The third-order valence-corrected chi connectivity index (χ3v) is 4.97. The quantitative estimate of drug-likeness (QED) is 0.904. The van der Waals surface area contributed by atoms with Crippen LogP contribution in [-0.2, 0) is 0 Å². The Morgan fingerprint density at radius 3 is 2.68 bits per heavy atom. The number of fused-ring (bicyclic) bond motifs is 1. The number of nitrogens with two attached hydrogens (primary N) is 1. The van der Waals surface area contributed by atoms with Crippen molar-refractivity contribution in [1.82, 2.24) is 10.3 Å². The molecule has 0 spiro atoms. The van der Waals surface area contributed by atoms with Gasteiger partial charge in [0.05, 0.1) is 9.58 Å². The molecule has 2 rings (SSSR count). The van der Waals surface area contributed by atoms with E-state index in [1.54, 1.807) is 11.3 Å². The summed E-state index contributed by atoms with van der Waals surface area (Å²) in [4.78, 5) is 20.2. The zero-order valence-electron chi connectivity index (χ0n) is 11.5. The number of amides is 1. The molecular formula is C12H18N4OS2. The molecule has 0 bridgehead atoms. The summed E-state index contributed by atoms with van der Waals surface area (Å²) in [5.74, 6) is -0.0861. The SMILES string of the molecule is CN(C)c1nc2sc(C(=O)NC(C)(C)CN)cc2s1. The van der Waals surface area contributed by atoms with Gasteiger partial charge in [-0.05, 0) is 19.9 Å². The van der Waals surface area contributed by atoms with Gasteiger partial charge in [0.2, 0.25) is 0 Å². The zero-order valence-corrected chi connectivity index (χ0v) is 13.1. The fourth-order valence-corrected chi connectivity index (χ4v) is 3.48. The van der Waals surface area contributed by atoms with Gasteiger partial charge in [0.25, 0.3) is 5.91 Å². The summed E-state index contributed by atoms with van der Waals surface area (Å²) in [5.41, 5.74) is 5.22. The van der Waals surface area contributed by atoms with E-state index >= 15 is 0 Å². The van der Waals surface area contributed by atoms with E-state index in [2.05, 4.69) is 10.3 Å². The van der Waals surface area contributed by atoms with Gasteiger partial charge in [0, 0.05) is 26.2 Å². The molecule has 19 heavy (non-hydrogen) atoms. The van der Waals surface area contributed by atoms with Crippen LogP contribution in [0.5, 0.6) is 0 Å². The Balaban J connectivity index is 2.22. The second-order valence-electron chi connectivity index (χ2n) is 5.21. The van der Waals surface area contributed by atoms with Gasteiger partial charge in [-0.2, -0.15) is 0 Å². The summed E-state index contributed by atoms with van der Waals surface area (Å²) in [7, 11) is 3.92. The lowest BCUT2D eigenvalue weighted by atomic mass is 10.1. The van der Waals surface area contributed by atoms with E-state index in [0.717, 1.165) is 14.7 Å². The van der Waals surface area contributed by atoms with Crippen molar-refractivity contribution in [2.24, 2.45) is 5.73 Å². The van der Waals surface area contributed by atoms with Crippen LogP contribution in [0.2, 0.25) is 0 Å². The van der Waals surface area contributed by atoms with E-state index in [9.17, 15) is 4.79 Å². The van der Waals surface area contributed by atoms with Crippen LogP contribution in [0.4, 0.5) is 5.13 Å². The van der Waals surface area contributed by atoms with Gasteiger partial charge in [0.15, 0.2) is 5.13 Å². The summed E-state index contributed by atoms with van der Waals surface area (Å²) in [6.45, 7) is 4.22. The highest BCUT2D eigenvalue weighted by Gasteiger charge is 2.21. The second kappa shape index (κ2) is 5.07. The molecular weight excluding hydrogens is 280 g/mol. The van der Waals surface area contributed by atoms with E-state index in [1.165, 1.54) is 11.3 Å². The molecule has 2 aromatic rings. The molecule has 5 nitrogen and oxygen atoms in total. The number of carbonyl (C=O) groups excluding carboxylic acids is 1. The number of rotatable bonds is 4. The highest BCUT2D eigenvalue weighted by molar-refractivity contribution is 7.29. The molecule has 2 heterocycles. The molecule has 7 heteroatoms. The normalized spacial score (nSPS) is 11.8. The Labute approximate surface area is 120 Å². The highest BCUT2D eigenvalue weighted by Crippen LogP contribution is 2.33. The lowest BCUT2D eigenvalue weighted by Crippen LogP contribution is -2.48. The van der Waals surface area contributed by atoms with Crippen LogP contribution in [0.25, 0.3) is 9.53 Å². The van der Waals surface area contributed by atoms with E-state index in [-0.39, 0.29) is 5.91 Å². The predicted molar refractivity (Wildman–Crippen MR) is 82.4 cm³/mol. The van der Waals surface area contributed by atoms with Gasteiger partial charge in [-0.25, -0.2) is 4.98 Å². The van der Waals surface area contributed by atoms with Crippen molar-refractivity contribution < 1.29 is 4.79 Å². The molecule has 0 fully saturated rings. The summed E-state index contributed by atoms with van der Waals surface area (Å²) < 4.78 is 1.05. The maximum Gasteiger partial charge on any atom is 0.261 e. The first kappa shape index (κ1) is 14.2. The van der Waals surface area contributed by atoms with Gasteiger partial charge in [-0.15, -0.1) is 11.3 Å². The molecule has 0 aromatic carbocycles. The number of nitrogens with zero attached hydrogens (tertiary/aromatic N) is 2. The lowest BCUT2D eigenvalue weighted by molar-refractivity contribution is 0.0920. The summed E-state index contributed by atoms with van der Waals surface area (Å²) in [6, 6.07) is 1.90. The molecule has 0 atom stereocenters. The second-order valence-corrected chi connectivity index (χ2v) is 7.25. The number of hydrogen-bond acceptors (Lipinski definition) is 6. The van der Waals surface area contributed by atoms with Gasteiger partial charge in [-0.3, -0.25) is 4.79 Å². The molecule has 0 saturated heterocycles. The summed E-state index contributed by atoms with van der Waals surface area (Å²) in [5, 5.41) is 3.88. The smallest absolute Gasteiger partial charge is 0.261 e. The number of thiophene rings is 1. The van der Waals surface area contributed by atoms with E-state index in [0.29, 0.717) is 11.4 Å². The molecule has 1 amide bonds. The van der Waals surface area contributed by atoms with Crippen LogP contribution in [0.3, 0.4) is 0 Å². The minimum Gasteiger partial charge on any atom is -0.354 e. The molecule has 0 unspecified atom stereocenters. The molecule has 0 aliphatic rings.